The van der Waals surface area contributed by atoms with Gasteiger partial charge in [-0.3, -0.25) is 4.79 Å². The average molecular weight is 270 g/mol. The Morgan fingerprint density at radius 3 is 2.67 bits per heavy atom. The van der Waals surface area contributed by atoms with Crippen molar-refractivity contribution in [3.63, 3.8) is 0 Å². The summed E-state index contributed by atoms with van der Waals surface area (Å²) in [4.78, 5) is 12.0. The first kappa shape index (κ1) is 9.33. The number of halogens is 1. The zero-order valence-corrected chi connectivity index (χ0v) is 9.36. The molecule has 0 N–H and O–H groups in total. The van der Waals surface area contributed by atoms with Gasteiger partial charge in [0.1, 0.15) is 0 Å². The maximum Gasteiger partial charge on any atom is 0.302 e. The van der Waals surface area contributed by atoms with Gasteiger partial charge in [0.2, 0.25) is 0 Å². The monoisotopic (exact) mass is 269 g/mol. The van der Waals surface area contributed by atoms with Crippen molar-refractivity contribution >= 4 is 27.7 Å². The van der Waals surface area contributed by atoms with Gasteiger partial charge in [-0.25, -0.2) is 3.93 Å². The van der Waals surface area contributed by atoms with Gasteiger partial charge < -0.3 is 9.47 Å². The minimum Gasteiger partial charge on any atom is -0.336 e. The SMILES string of the molecule is O=C1N(Br)c2ccccc2C12OCCO2. The molecule has 0 aliphatic carbocycles. The molecular weight excluding hydrogens is 262 g/mol. The molecule has 78 valence electrons. The predicted octanol–water partition coefficient (Wildman–Crippen LogP) is 1.54. The summed E-state index contributed by atoms with van der Waals surface area (Å²) in [6.07, 6.45) is 0. The molecule has 0 bridgehead atoms. The summed E-state index contributed by atoms with van der Waals surface area (Å²) in [5, 5.41) is 0. The first-order chi connectivity index (χ1) is 7.26. The molecule has 1 aromatic carbocycles. The number of anilines is 1. The van der Waals surface area contributed by atoms with Crippen LogP contribution in [0, 0.1) is 0 Å². The number of rotatable bonds is 0. The maximum atomic E-state index is 12.0. The summed E-state index contributed by atoms with van der Waals surface area (Å²) >= 11 is 3.21. The Balaban J connectivity index is 2.22. The molecule has 2 aliphatic rings. The highest BCUT2D eigenvalue weighted by atomic mass is 79.9. The van der Waals surface area contributed by atoms with Crippen LogP contribution in [0.25, 0.3) is 0 Å². The molecule has 1 fully saturated rings. The maximum absolute atomic E-state index is 12.0. The third kappa shape index (κ3) is 1.05. The molecule has 1 amide bonds. The molecule has 2 aliphatic heterocycles. The second-order valence-electron chi connectivity index (χ2n) is 3.42. The average Bonchev–Trinajstić information content (AvgIpc) is 2.83. The summed E-state index contributed by atoms with van der Waals surface area (Å²) in [5.74, 6) is -1.43. The van der Waals surface area contributed by atoms with E-state index < -0.39 is 5.79 Å². The Bertz CT molecular complexity index is 428. The van der Waals surface area contributed by atoms with E-state index in [1.807, 2.05) is 24.3 Å². The summed E-state index contributed by atoms with van der Waals surface area (Å²) in [7, 11) is 0. The molecule has 0 atom stereocenters. The van der Waals surface area contributed by atoms with Gasteiger partial charge in [0.25, 0.3) is 5.79 Å². The number of carbonyl (C=O) groups is 1. The van der Waals surface area contributed by atoms with Crippen LogP contribution in [0.15, 0.2) is 24.3 Å². The first-order valence-electron chi connectivity index (χ1n) is 4.63. The Morgan fingerprint density at radius 2 is 1.93 bits per heavy atom. The van der Waals surface area contributed by atoms with Gasteiger partial charge in [-0.2, -0.15) is 0 Å². The molecule has 0 radical (unpaired) electrons. The molecule has 1 spiro atoms. The smallest absolute Gasteiger partial charge is 0.302 e. The highest BCUT2D eigenvalue weighted by Gasteiger charge is 2.55. The lowest BCUT2D eigenvalue weighted by Gasteiger charge is -2.19. The van der Waals surface area contributed by atoms with Crippen LogP contribution >= 0.6 is 16.1 Å². The summed E-state index contributed by atoms with van der Waals surface area (Å²) < 4.78 is 12.3. The van der Waals surface area contributed by atoms with E-state index in [0.717, 1.165) is 11.3 Å². The zero-order valence-electron chi connectivity index (χ0n) is 7.77. The molecule has 0 aromatic heterocycles. The summed E-state index contributed by atoms with van der Waals surface area (Å²) in [6, 6.07) is 7.43. The quantitative estimate of drug-likeness (QED) is 0.671. The first-order valence-corrected chi connectivity index (χ1v) is 5.34. The fourth-order valence-electron chi connectivity index (χ4n) is 1.97. The fourth-order valence-corrected chi connectivity index (χ4v) is 2.51. The van der Waals surface area contributed by atoms with E-state index in [4.69, 9.17) is 9.47 Å². The van der Waals surface area contributed by atoms with Gasteiger partial charge in [-0.15, -0.1) is 0 Å². The third-order valence-electron chi connectivity index (χ3n) is 2.62. The van der Waals surface area contributed by atoms with Gasteiger partial charge in [-0.1, -0.05) is 18.2 Å². The molecule has 0 unspecified atom stereocenters. The van der Waals surface area contributed by atoms with Crippen molar-refractivity contribution in [2.75, 3.05) is 17.1 Å². The van der Waals surface area contributed by atoms with Gasteiger partial charge in [0, 0.05) is 5.56 Å². The van der Waals surface area contributed by atoms with E-state index >= 15 is 0 Å². The molecule has 1 saturated heterocycles. The van der Waals surface area contributed by atoms with Gasteiger partial charge in [0.15, 0.2) is 0 Å². The molecule has 1 aromatic rings. The number of hydrogen-bond acceptors (Lipinski definition) is 3. The Hall–Kier alpha value is -0.910. The van der Waals surface area contributed by atoms with Crippen molar-refractivity contribution in [1.29, 1.82) is 0 Å². The van der Waals surface area contributed by atoms with Crippen LogP contribution < -0.4 is 3.93 Å². The summed E-state index contributed by atoms with van der Waals surface area (Å²) in [5.41, 5.74) is 1.55. The lowest BCUT2D eigenvalue weighted by Crippen LogP contribution is -2.37. The van der Waals surface area contributed by atoms with Gasteiger partial charge in [-0.05, 0) is 6.07 Å². The molecule has 15 heavy (non-hydrogen) atoms. The van der Waals surface area contributed by atoms with Crippen LogP contribution in [0.2, 0.25) is 0 Å². The molecular formula is C10H8BrNO3. The normalized spacial score (nSPS) is 22.5. The standard InChI is InChI=1S/C10H8BrNO3/c11-12-8-4-2-1-3-7(8)10(9(12)13)14-5-6-15-10/h1-4H,5-6H2. The van der Waals surface area contributed by atoms with E-state index in [2.05, 4.69) is 16.1 Å². The van der Waals surface area contributed by atoms with E-state index in [0.29, 0.717) is 13.2 Å². The molecule has 3 rings (SSSR count). The zero-order chi connectivity index (χ0) is 10.5. The van der Waals surface area contributed by atoms with Crippen molar-refractivity contribution in [1.82, 2.24) is 0 Å². The van der Waals surface area contributed by atoms with E-state index in [9.17, 15) is 4.79 Å². The van der Waals surface area contributed by atoms with Crippen molar-refractivity contribution < 1.29 is 14.3 Å². The number of para-hydroxylation sites is 1. The van der Waals surface area contributed by atoms with Crippen LogP contribution in [-0.2, 0) is 20.1 Å². The predicted molar refractivity (Wildman–Crippen MR) is 56.4 cm³/mol. The number of benzene rings is 1. The molecule has 5 heteroatoms. The number of hydrogen-bond donors (Lipinski definition) is 0. The molecule has 4 nitrogen and oxygen atoms in total. The Labute approximate surface area is 95.1 Å². The minimum atomic E-state index is -1.21. The Morgan fingerprint density at radius 1 is 1.27 bits per heavy atom. The molecule has 2 heterocycles. The van der Waals surface area contributed by atoms with E-state index in [1.54, 1.807) is 0 Å². The van der Waals surface area contributed by atoms with Crippen LogP contribution in [0.5, 0.6) is 0 Å². The highest BCUT2D eigenvalue weighted by Crippen LogP contribution is 2.46. The number of nitrogens with zero attached hydrogens (tertiary/aromatic N) is 1. The van der Waals surface area contributed by atoms with Gasteiger partial charge >= 0.3 is 5.91 Å². The lowest BCUT2D eigenvalue weighted by molar-refractivity contribution is -0.179. The number of fused-ring (bicyclic) bond motifs is 2. The Kier molecular flexibility index (Phi) is 1.89. The van der Waals surface area contributed by atoms with Gasteiger partial charge in [0.05, 0.1) is 35.0 Å². The fraction of sp³-hybridized carbons (Fsp3) is 0.300. The van der Waals surface area contributed by atoms with Crippen molar-refractivity contribution in [3.05, 3.63) is 29.8 Å². The topological polar surface area (TPSA) is 38.8 Å². The van der Waals surface area contributed by atoms with E-state index in [1.165, 1.54) is 3.93 Å². The van der Waals surface area contributed by atoms with Crippen LogP contribution in [0.4, 0.5) is 5.69 Å². The number of ether oxygens (including phenoxy) is 2. The van der Waals surface area contributed by atoms with Crippen LogP contribution in [-0.4, -0.2) is 19.1 Å². The molecule has 0 saturated carbocycles. The van der Waals surface area contributed by atoms with Crippen molar-refractivity contribution in [3.8, 4) is 0 Å². The van der Waals surface area contributed by atoms with Crippen LogP contribution in [0.3, 0.4) is 0 Å². The number of carbonyl (C=O) groups excluding carboxylic acids is 1. The largest absolute Gasteiger partial charge is 0.336 e. The summed E-state index contributed by atoms with van der Waals surface area (Å²) in [6.45, 7) is 0.891. The van der Waals surface area contributed by atoms with Crippen molar-refractivity contribution in [2.24, 2.45) is 0 Å². The van der Waals surface area contributed by atoms with Crippen LogP contribution in [0.1, 0.15) is 5.56 Å². The van der Waals surface area contributed by atoms with Crippen molar-refractivity contribution in [2.45, 2.75) is 5.79 Å². The lowest BCUT2D eigenvalue weighted by atomic mass is 10.1. The minimum absolute atomic E-state index is 0.221. The third-order valence-corrected chi connectivity index (χ3v) is 3.33. The second kappa shape index (κ2) is 3.04. The highest BCUT2D eigenvalue weighted by molar-refractivity contribution is 9.10. The van der Waals surface area contributed by atoms with E-state index in [-0.39, 0.29) is 5.91 Å². The number of amides is 1. The second-order valence-corrected chi connectivity index (χ2v) is 4.13.